The minimum Gasteiger partial charge on any atom is -0.496 e. The van der Waals surface area contributed by atoms with Gasteiger partial charge < -0.3 is 9.64 Å². The van der Waals surface area contributed by atoms with E-state index in [1.165, 1.54) is 0 Å². The van der Waals surface area contributed by atoms with Gasteiger partial charge in [-0.2, -0.15) is 0 Å². The molecule has 0 saturated carbocycles. The number of nitrogens with zero attached hydrogens (tertiary/aromatic N) is 1. The molecule has 0 N–H and O–H groups in total. The van der Waals surface area contributed by atoms with Crippen LogP contribution < -0.4 is 4.74 Å². The van der Waals surface area contributed by atoms with Crippen LogP contribution in [-0.4, -0.2) is 30.5 Å². The highest BCUT2D eigenvalue weighted by Gasteiger charge is 2.25. The lowest BCUT2D eigenvalue weighted by Crippen LogP contribution is -2.34. The Morgan fingerprint density at radius 1 is 1.56 bits per heavy atom. The number of amides is 1. The summed E-state index contributed by atoms with van der Waals surface area (Å²) in [4.78, 5) is 14.2. The van der Waals surface area contributed by atoms with E-state index in [0.29, 0.717) is 12.5 Å². The van der Waals surface area contributed by atoms with Crippen molar-refractivity contribution in [3.05, 3.63) is 28.2 Å². The molecule has 18 heavy (non-hydrogen) atoms. The van der Waals surface area contributed by atoms with E-state index in [2.05, 4.69) is 22.9 Å². The predicted octanol–water partition coefficient (Wildman–Crippen LogP) is 3.01. The normalized spacial score (nSPS) is 19.1. The minimum absolute atomic E-state index is 0.191. The molecule has 1 aromatic carbocycles. The number of hydrogen-bond donors (Lipinski definition) is 0. The van der Waals surface area contributed by atoms with E-state index in [1.54, 1.807) is 7.11 Å². The Morgan fingerprint density at radius 2 is 2.33 bits per heavy atom. The maximum Gasteiger partial charge on any atom is 0.227 e. The molecule has 0 spiro atoms. The van der Waals surface area contributed by atoms with Gasteiger partial charge >= 0.3 is 0 Å². The average Bonchev–Trinajstić information content (AvgIpc) is 2.76. The maximum atomic E-state index is 12.3. The van der Waals surface area contributed by atoms with Crippen LogP contribution in [0.1, 0.15) is 25.3 Å². The zero-order chi connectivity index (χ0) is 13.1. The van der Waals surface area contributed by atoms with Gasteiger partial charge in [-0.25, -0.2) is 0 Å². The summed E-state index contributed by atoms with van der Waals surface area (Å²) in [5.41, 5.74) is 0.941. The summed E-state index contributed by atoms with van der Waals surface area (Å²) >= 11 is 3.43. The van der Waals surface area contributed by atoms with Crippen LogP contribution in [0.15, 0.2) is 22.7 Å². The molecular weight excluding hydrogens is 294 g/mol. The molecule has 1 amide bonds. The molecule has 0 unspecified atom stereocenters. The Balaban J connectivity index is 2.13. The molecule has 2 rings (SSSR count). The quantitative estimate of drug-likeness (QED) is 0.859. The Labute approximate surface area is 116 Å². The molecule has 4 heteroatoms. The maximum absolute atomic E-state index is 12.3. The van der Waals surface area contributed by atoms with Gasteiger partial charge in [0, 0.05) is 22.6 Å². The lowest BCUT2D eigenvalue weighted by Gasteiger charge is -2.22. The molecule has 1 aliphatic heterocycles. The van der Waals surface area contributed by atoms with Crippen LogP contribution in [0.5, 0.6) is 5.75 Å². The summed E-state index contributed by atoms with van der Waals surface area (Å²) in [7, 11) is 1.63. The van der Waals surface area contributed by atoms with Crippen molar-refractivity contribution in [1.82, 2.24) is 4.90 Å². The van der Waals surface area contributed by atoms with E-state index in [0.717, 1.165) is 35.2 Å². The molecule has 1 fully saturated rings. The molecular formula is C14H18BrNO2. The van der Waals surface area contributed by atoms with Crippen molar-refractivity contribution < 1.29 is 9.53 Å². The van der Waals surface area contributed by atoms with Gasteiger partial charge in [0.25, 0.3) is 0 Å². The van der Waals surface area contributed by atoms with Gasteiger partial charge in [0.05, 0.1) is 13.5 Å². The predicted molar refractivity (Wildman–Crippen MR) is 74.8 cm³/mol. The van der Waals surface area contributed by atoms with Crippen molar-refractivity contribution >= 4 is 21.8 Å². The molecule has 0 aromatic heterocycles. The zero-order valence-electron chi connectivity index (χ0n) is 10.8. The first-order chi connectivity index (χ1) is 8.61. The summed E-state index contributed by atoms with van der Waals surface area (Å²) in [5.74, 6) is 0.967. The number of ether oxygens (including phenoxy) is 1. The van der Waals surface area contributed by atoms with E-state index in [9.17, 15) is 4.79 Å². The van der Waals surface area contributed by atoms with Gasteiger partial charge in [-0.1, -0.05) is 15.9 Å². The second kappa shape index (κ2) is 5.74. The van der Waals surface area contributed by atoms with Crippen molar-refractivity contribution in [2.45, 2.75) is 32.2 Å². The number of halogens is 1. The van der Waals surface area contributed by atoms with Gasteiger partial charge in [0.1, 0.15) is 5.75 Å². The van der Waals surface area contributed by atoms with E-state index >= 15 is 0 Å². The van der Waals surface area contributed by atoms with Gasteiger partial charge in [-0.15, -0.1) is 0 Å². The van der Waals surface area contributed by atoms with Gasteiger partial charge in [0.2, 0.25) is 5.91 Å². The fourth-order valence-corrected chi connectivity index (χ4v) is 2.86. The van der Waals surface area contributed by atoms with E-state index in [1.807, 2.05) is 23.1 Å². The number of benzene rings is 1. The van der Waals surface area contributed by atoms with Crippen molar-refractivity contribution in [1.29, 1.82) is 0 Å². The second-order valence-corrected chi connectivity index (χ2v) is 5.63. The van der Waals surface area contributed by atoms with Crippen LogP contribution in [0, 0.1) is 0 Å². The van der Waals surface area contributed by atoms with Crippen molar-refractivity contribution in [3.8, 4) is 5.75 Å². The number of carbonyl (C=O) groups is 1. The highest BCUT2D eigenvalue weighted by atomic mass is 79.9. The summed E-state index contributed by atoms with van der Waals surface area (Å²) in [5, 5.41) is 0. The van der Waals surface area contributed by atoms with E-state index in [-0.39, 0.29) is 5.91 Å². The third kappa shape index (κ3) is 2.86. The average molecular weight is 312 g/mol. The largest absolute Gasteiger partial charge is 0.496 e. The molecule has 1 saturated heterocycles. The fraction of sp³-hybridized carbons (Fsp3) is 0.500. The van der Waals surface area contributed by atoms with Gasteiger partial charge in [0.15, 0.2) is 0 Å². The van der Waals surface area contributed by atoms with E-state index < -0.39 is 0 Å². The number of methoxy groups -OCH3 is 1. The van der Waals surface area contributed by atoms with Crippen LogP contribution in [0.3, 0.4) is 0 Å². The van der Waals surface area contributed by atoms with Crippen LogP contribution in [0.2, 0.25) is 0 Å². The number of likely N-dealkylation sites (tertiary alicyclic amines) is 1. The topological polar surface area (TPSA) is 29.5 Å². The zero-order valence-corrected chi connectivity index (χ0v) is 12.4. The Bertz CT molecular complexity index is 447. The highest BCUT2D eigenvalue weighted by Crippen LogP contribution is 2.25. The van der Waals surface area contributed by atoms with Crippen molar-refractivity contribution in [3.63, 3.8) is 0 Å². The second-order valence-electron chi connectivity index (χ2n) is 4.71. The molecule has 98 valence electrons. The molecule has 0 aliphatic carbocycles. The summed E-state index contributed by atoms with van der Waals surface area (Å²) in [6, 6.07) is 6.14. The Kier molecular flexibility index (Phi) is 4.27. The molecule has 0 radical (unpaired) electrons. The first-order valence-corrected chi connectivity index (χ1v) is 7.03. The SMILES string of the molecule is COc1ccc(Br)cc1CC(=O)N1CCC[C@H]1C. The summed E-state index contributed by atoms with van der Waals surface area (Å²) in [6.07, 6.45) is 2.64. The molecule has 0 bridgehead atoms. The Morgan fingerprint density at radius 3 is 2.94 bits per heavy atom. The summed E-state index contributed by atoms with van der Waals surface area (Å²) in [6.45, 7) is 3.00. The minimum atomic E-state index is 0.191. The molecule has 3 nitrogen and oxygen atoms in total. The van der Waals surface area contributed by atoms with E-state index in [4.69, 9.17) is 4.74 Å². The molecule has 1 aliphatic rings. The first-order valence-electron chi connectivity index (χ1n) is 6.23. The molecule has 1 aromatic rings. The third-order valence-electron chi connectivity index (χ3n) is 3.46. The van der Waals surface area contributed by atoms with Crippen LogP contribution in [0.4, 0.5) is 0 Å². The molecule has 1 heterocycles. The van der Waals surface area contributed by atoms with Crippen molar-refractivity contribution in [2.75, 3.05) is 13.7 Å². The number of carbonyl (C=O) groups excluding carboxylic acids is 1. The van der Waals surface area contributed by atoms with Gasteiger partial charge in [-0.3, -0.25) is 4.79 Å². The smallest absolute Gasteiger partial charge is 0.227 e. The van der Waals surface area contributed by atoms with Crippen LogP contribution in [0.25, 0.3) is 0 Å². The standard InChI is InChI=1S/C14H18BrNO2/c1-10-4-3-7-16(10)14(17)9-11-8-12(15)5-6-13(11)18-2/h5-6,8,10H,3-4,7,9H2,1-2H3/t10-/m1/s1. The fourth-order valence-electron chi connectivity index (χ4n) is 2.45. The first kappa shape index (κ1) is 13.4. The van der Waals surface area contributed by atoms with Crippen LogP contribution >= 0.6 is 15.9 Å². The van der Waals surface area contributed by atoms with Crippen LogP contribution in [-0.2, 0) is 11.2 Å². The van der Waals surface area contributed by atoms with Gasteiger partial charge in [-0.05, 0) is 38.0 Å². The number of hydrogen-bond acceptors (Lipinski definition) is 2. The monoisotopic (exact) mass is 311 g/mol. The van der Waals surface area contributed by atoms with Crippen molar-refractivity contribution in [2.24, 2.45) is 0 Å². The highest BCUT2D eigenvalue weighted by molar-refractivity contribution is 9.10. The lowest BCUT2D eigenvalue weighted by atomic mass is 10.1. The third-order valence-corrected chi connectivity index (χ3v) is 3.95. The lowest BCUT2D eigenvalue weighted by molar-refractivity contribution is -0.131. The summed E-state index contributed by atoms with van der Waals surface area (Å²) < 4.78 is 6.27. The molecule has 1 atom stereocenters. The number of rotatable bonds is 3. The Hall–Kier alpha value is -1.03.